The molecule has 0 saturated heterocycles. The summed E-state index contributed by atoms with van der Waals surface area (Å²) in [6.07, 6.45) is 39.5. The molecule has 356 valence electrons. The third kappa shape index (κ3) is 38.5. The molecule has 61 heavy (non-hydrogen) atoms. The van der Waals surface area contributed by atoms with Crippen molar-refractivity contribution in [2.45, 2.75) is 278 Å². The molecular formula is C51H93NO9. The van der Waals surface area contributed by atoms with Crippen LogP contribution in [0.5, 0.6) is 0 Å². The maximum atomic E-state index is 13.7. The summed E-state index contributed by atoms with van der Waals surface area (Å²) in [5.41, 5.74) is 0. The van der Waals surface area contributed by atoms with Crippen molar-refractivity contribution in [3.05, 3.63) is 12.2 Å². The van der Waals surface area contributed by atoms with Crippen molar-refractivity contribution in [2.24, 2.45) is 0 Å². The molecule has 0 aliphatic heterocycles. The van der Waals surface area contributed by atoms with Crippen LogP contribution in [0.25, 0.3) is 0 Å². The molecule has 10 heteroatoms. The second-order valence-electron chi connectivity index (χ2n) is 17.4. The third-order valence-electron chi connectivity index (χ3n) is 11.3. The molecule has 4 unspecified atom stereocenters. The highest BCUT2D eigenvalue weighted by Crippen LogP contribution is 2.21. The molecule has 0 rings (SSSR count). The van der Waals surface area contributed by atoms with Crippen LogP contribution in [0.2, 0.25) is 0 Å². The van der Waals surface area contributed by atoms with E-state index in [-0.39, 0.29) is 6.61 Å². The van der Waals surface area contributed by atoms with Gasteiger partial charge in [0.1, 0.15) is 18.8 Å². The van der Waals surface area contributed by atoms with Gasteiger partial charge in [-0.3, -0.25) is 24.0 Å². The number of hydrogen-bond acceptors (Lipinski definition) is 9. The molecule has 0 fully saturated rings. The van der Waals surface area contributed by atoms with E-state index >= 15 is 0 Å². The fraction of sp³-hybridized carbons (Fsp3) is 0.863. The number of carbonyl (C=O) groups is 5. The zero-order valence-electron chi connectivity index (χ0n) is 40.2. The minimum Gasteiger partial charge on any atom is -0.464 e. The van der Waals surface area contributed by atoms with Crippen molar-refractivity contribution >= 4 is 29.8 Å². The van der Waals surface area contributed by atoms with Gasteiger partial charge in [0.15, 0.2) is 12.2 Å². The fourth-order valence-corrected chi connectivity index (χ4v) is 7.89. The molecule has 0 bridgehead atoms. The predicted molar refractivity (Wildman–Crippen MR) is 248 cm³/mol. The second-order valence-corrected chi connectivity index (χ2v) is 17.4. The van der Waals surface area contributed by atoms with Gasteiger partial charge in [-0.1, -0.05) is 193 Å². The smallest absolute Gasteiger partial charge is 0.303 e. The van der Waals surface area contributed by atoms with E-state index < -0.39 is 54.1 Å². The van der Waals surface area contributed by atoms with Crippen molar-refractivity contribution < 1.29 is 42.9 Å². The van der Waals surface area contributed by atoms with Crippen LogP contribution in [-0.2, 0) is 42.9 Å². The number of amides is 1. The van der Waals surface area contributed by atoms with Crippen LogP contribution in [0.15, 0.2) is 12.2 Å². The Kier molecular flexibility index (Phi) is 40.4. The number of nitrogens with one attached hydrogen (secondary N) is 1. The Morgan fingerprint density at radius 1 is 0.426 bits per heavy atom. The quantitative estimate of drug-likeness (QED) is 0.0275. The Bertz CT molecular complexity index is 1130. The maximum Gasteiger partial charge on any atom is 0.303 e. The molecule has 0 aliphatic carbocycles. The van der Waals surface area contributed by atoms with Crippen LogP contribution in [0.3, 0.4) is 0 Å². The van der Waals surface area contributed by atoms with Crippen molar-refractivity contribution in [2.75, 3.05) is 6.61 Å². The van der Waals surface area contributed by atoms with Crippen molar-refractivity contribution in [1.29, 1.82) is 0 Å². The van der Waals surface area contributed by atoms with Gasteiger partial charge < -0.3 is 24.3 Å². The summed E-state index contributed by atoms with van der Waals surface area (Å²) in [7, 11) is 0. The molecule has 0 heterocycles. The van der Waals surface area contributed by atoms with E-state index in [0.717, 1.165) is 38.5 Å². The Balaban J connectivity index is 4.96. The van der Waals surface area contributed by atoms with Crippen LogP contribution < -0.4 is 5.32 Å². The molecule has 0 spiro atoms. The number of rotatable bonds is 43. The van der Waals surface area contributed by atoms with E-state index in [9.17, 15) is 24.0 Å². The van der Waals surface area contributed by atoms with Gasteiger partial charge in [0.05, 0.1) is 0 Å². The summed E-state index contributed by atoms with van der Waals surface area (Å²) in [5, 5.41) is 2.83. The van der Waals surface area contributed by atoms with Gasteiger partial charge >= 0.3 is 23.9 Å². The lowest BCUT2D eigenvalue weighted by molar-refractivity contribution is -0.172. The second kappa shape index (κ2) is 42.4. The van der Waals surface area contributed by atoms with Gasteiger partial charge in [0.2, 0.25) is 0 Å². The minimum absolute atomic E-state index is 0.320. The predicted octanol–water partition coefficient (Wildman–Crippen LogP) is 13.3. The Labute approximate surface area is 373 Å². The van der Waals surface area contributed by atoms with Crippen LogP contribution >= 0.6 is 0 Å². The molecule has 0 aromatic carbocycles. The number of allylic oxidation sites excluding steroid dienone is 2. The van der Waals surface area contributed by atoms with Crippen LogP contribution in [0.1, 0.15) is 253 Å². The lowest BCUT2D eigenvalue weighted by Crippen LogP contribution is -2.56. The molecule has 4 atom stereocenters. The first-order valence-electron chi connectivity index (χ1n) is 25.1. The molecule has 0 saturated carbocycles. The minimum atomic E-state index is -1.13. The van der Waals surface area contributed by atoms with Gasteiger partial charge in [0, 0.05) is 27.7 Å². The van der Waals surface area contributed by atoms with E-state index in [1.54, 1.807) is 0 Å². The van der Waals surface area contributed by atoms with Crippen molar-refractivity contribution in [3.63, 3.8) is 0 Å². The summed E-state index contributed by atoms with van der Waals surface area (Å²) >= 11 is 0. The molecule has 10 nitrogen and oxygen atoms in total. The SMILES string of the molecule is CCCCC=CCCCCCCCCCCCCCCCC(OC(C)=O)C(OC(C)=O)C(COC(C)=O)NC(=O)C(CCCCCCCCCCCCCCCC)OC(C)=O. The molecule has 1 N–H and O–H groups in total. The number of unbranched alkanes of at least 4 members (excludes halogenated alkanes) is 28. The van der Waals surface area contributed by atoms with E-state index in [2.05, 4.69) is 31.3 Å². The largest absolute Gasteiger partial charge is 0.464 e. The van der Waals surface area contributed by atoms with Crippen LogP contribution in [0.4, 0.5) is 0 Å². The highest BCUT2D eigenvalue weighted by molar-refractivity contribution is 5.83. The summed E-state index contributed by atoms with van der Waals surface area (Å²) in [6, 6.07) is -1.04. The van der Waals surface area contributed by atoms with Crippen molar-refractivity contribution in [1.82, 2.24) is 5.32 Å². The average Bonchev–Trinajstić information content (AvgIpc) is 3.21. The first-order valence-corrected chi connectivity index (χ1v) is 25.1. The van der Waals surface area contributed by atoms with E-state index in [1.807, 2.05) is 0 Å². The average molecular weight is 864 g/mol. The van der Waals surface area contributed by atoms with E-state index in [4.69, 9.17) is 18.9 Å². The topological polar surface area (TPSA) is 134 Å². The number of ether oxygens (including phenoxy) is 4. The zero-order chi connectivity index (χ0) is 45.2. The normalized spacial score (nSPS) is 13.3. The Morgan fingerprint density at radius 3 is 1.21 bits per heavy atom. The lowest BCUT2D eigenvalue weighted by Gasteiger charge is -2.33. The number of esters is 4. The molecule has 0 aromatic rings. The van der Waals surface area contributed by atoms with E-state index in [1.165, 1.54) is 175 Å². The summed E-state index contributed by atoms with van der Waals surface area (Å²) < 4.78 is 22.2. The summed E-state index contributed by atoms with van der Waals surface area (Å²) in [5.74, 6) is -2.93. The Morgan fingerprint density at radius 2 is 0.803 bits per heavy atom. The third-order valence-corrected chi connectivity index (χ3v) is 11.3. The molecule has 0 radical (unpaired) electrons. The molecule has 0 aliphatic rings. The molecular weight excluding hydrogens is 771 g/mol. The van der Waals surface area contributed by atoms with Gasteiger partial charge in [-0.05, 0) is 44.9 Å². The number of hydrogen-bond donors (Lipinski definition) is 1. The number of carbonyl (C=O) groups excluding carboxylic acids is 5. The first kappa shape index (κ1) is 58.1. The maximum absolute atomic E-state index is 13.7. The highest BCUT2D eigenvalue weighted by atomic mass is 16.6. The van der Waals surface area contributed by atoms with Gasteiger partial charge in [-0.15, -0.1) is 0 Å². The standard InChI is InChI=1S/C51H93NO9/c1-7-9-11-13-15-17-19-21-23-24-25-26-27-29-30-32-34-36-38-40-48(59-44(4)54)50(61-46(6)56)47(42-58-43(3)53)52-51(57)49(60-45(5)55)41-39-37-35-33-31-28-22-20-18-16-14-12-10-8-2/h13,15,47-50H,7-12,14,16-42H2,1-6H3,(H,52,57). The molecule has 1 amide bonds. The molecule has 0 aromatic heterocycles. The van der Waals surface area contributed by atoms with Crippen LogP contribution in [-0.4, -0.2) is 60.7 Å². The monoisotopic (exact) mass is 864 g/mol. The van der Waals surface area contributed by atoms with Gasteiger partial charge in [-0.25, -0.2) is 0 Å². The highest BCUT2D eigenvalue weighted by Gasteiger charge is 2.38. The van der Waals surface area contributed by atoms with Gasteiger partial charge in [0.25, 0.3) is 5.91 Å². The van der Waals surface area contributed by atoms with E-state index in [0.29, 0.717) is 25.7 Å². The summed E-state index contributed by atoms with van der Waals surface area (Å²) in [4.78, 5) is 62.4. The lowest BCUT2D eigenvalue weighted by atomic mass is 9.98. The summed E-state index contributed by atoms with van der Waals surface area (Å²) in [6.45, 7) is 9.21. The van der Waals surface area contributed by atoms with Crippen LogP contribution in [0, 0.1) is 0 Å². The first-order chi connectivity index (χ1) is 29.5. The fourth-order valence-electron chi connectivity index (χ4n) is 7.89. The zero-order valence-corrected chi connectivity index (χ0v) is 40.2. The van der Waals surface area contributed by atoms with Gasteiger partial charge in [-0.2, -0.15) is 0 Å². The Hall–Kier alpha value is -2.91. The van der Waals surface area contributed by atoms with Crippen molar-refractivity contribution in [3.8, 4) is 0 Å².